The number of carbonyl (C=O) groups excluding carboxylic acids is 1. The van der Waals surface area contributed by atoms with E-state index in [1.54, 1.807) is 19.4 Å². The van der Waals surface area contributed by atoms with Gasteiger partial charge in [0.05, 0.1) is 12.8 Å². The average Bonchev–Trinajstić information content (AvgIpc) is 2.64. The molecule has 0 unspecified atom stereocenters. The highest BCUT2D eigenvalue weighted by atomic mass is 16.5. The Bertz CT molecular complexity index is 659. The average molecular weight is 343 g/mol. The van der Waals surface area contributed by atoms with Gasteiger partial charge >= 0.3 is 0 Å². The number of aryl methyl sites for hydroxylation is 1. The first-order valence-electron chi connectivity index (χ1n) is 8.31. The summed E-state index contributed by atoms with van der Waals surface area (Å²) < 4.78 is 10.6. The number of nitrogens with zero attached hydrogens (tertiary/aromatic N) is 1. The Hall–Kier alpha value is -2.44. The number of nitrogens with one attached hydrogen (secondary N) is 2. The van der Waals surface area contributed by atoms with Gasteiger partial charge in [-0.3, -0.25) is 9.78 Å². The van der Waals surface area contributed by atoms with Crippen LogP contribution in [0.25, 0.3) is 0 Å². The lowest BCUT2D eigenvalue weighted by atomic mass is 10.1. The van der Waals surface area contributed by atoms with Gasteiger partial charge in [0, 0.05) is 38.0 Å². The van der Waals surface area contributed by atoms with Crippen LogP contribution in [0.15, 0.2) is 42.6 Å². The Labute approximate surface area is 148 Å². The number of aromatic nitrogens is 1. The molecule has 0 atom stereocenters. The summed E-state index contributed by atoms with van der Waals surface area (Å²) in [7, 11) is 1.66. The number of hydrogen-bond acceptors (Lipinski definition) is 5. The maximum absolute atomic E-state index is 12.2. The third-order valence-corrected chi connectivity index (χ3v) is 3.55. The SMILES string of the molecule is COCCNCCNC(=O)c1cccc(COc2ccc(C)nc2)c1. The molecule has 0 spiro atoms. The summed E-state index contributed by atoms with van der Waals surface area (Å²) in [4.78, 5) is 16.4. The zero-order valence-electron chi connectivity index (χ0n) is 14.7. The van der Waals surface area contributed by atoms with Gasteiger partial charge in [-0.15, -0.1) is 0 Å². The molecule has 25 heavy (non-hydrogen) atoms. The Kier molecular flexibility index (Phi) is 7.88. The van der Waals surface area contributed by atoms with Crippen molar-refractivity contribution in [3.63, 3.8) is 0 Å². The van der Waals surface area contributed by atoms with E-state index in [0.717, 1.165) is 17.8 Å². The van der Waals surface area contributed by atoms with Gasteiger partial charge in [0.25, 0.3) is 5.91 Å². The molecule has 0 bridgehead atoms. The second-order valence-corrected chi connectivity index (χ2v) is 5.62. The van der Waals surface area contributed by atoms with Gasteiger partial charge in [0.2, 0.25) is 0 Å². The minimum Gasteiger partial charge on any atom is -0.487 e. The fraction of sp³-hybridized carbons (Fsp3) is 0.368. The lowest BCUT2D eigenvalue weighted by Gasteiger charge is -2.09. The molecule has 2 rings (SSSR count). The van der Waals surface area contributed by atoms with Gasteiger partial charge in [-0.25, -0.2) is 0 Å². The highest BCUT2D eigenvalue weighted by Gasteiger charge is 2.06. The van der Waals surface area contributed by atoms with Crippen LogP contribution in [0.1, 0.15) is 21.6 Å². The smallest absolute Gasteiger partial charge is 0.251 e. The van der Waals surface area contributed by atoms with E-state index in [-0.39, 0.29) is 5.91 Å². The number of rotatable bonds is 10. The number of pyridine rings is 1. The van der Waals surface area contributed by atoms with Crippen molar-refractivity contribution in [1.82, 2.24) is 15.6 Å². The van der Waals surface area contributed by atoms with Crippen molar-refractivity contribution in [1.29, 1.82) is 0 Å². The Morgan fingerprint density at radius 3 is 2.80 bits per heavy atom. The Morgan fingerprint density at radius 2 is 2.04 bits per heavy atom. The highest BCUT2D eigenvalue weighted by Crippen LogP contribution is 2.12. The first-order chi connectivity index (χ1) is 12.2. The van der Waals surface area contributed by atoms with Gasteiger partial charge in [0.15, 0.2) is 0 Å². The van der Waals surface area contributed by atoms with E-state index >= 15 is 0 Å². The van der Waals surface area contributed by atoms with Crippen LogP contribution in [0, 0.1) is 6.92 Å². The number of carbonyl (C=O) groups is 1. The zero-order chi connectivity index (χ0) is 17.9. The molecule has 0 saturated carbocycles. The van der Waals surface area contributed by atoms with E-state index in [1.807, 2.05) is 37.3 Å². The molecule has 1 aromatic carbocycles. The summed E-state index contributed by atoms with van der Waals surface area (Å²) in [5, 5.41) is 6.07. The number of amides is 1. The molecular formula is C19H25N3O3. The van der Waals surface area contributed by atoms with Gasteiger partial charge in [-0.05, 0) is 36.8 Å². The van der Waals surface area contributed by atoms with Crippen LogP contribution in [0.2, 0.25) is 0 Å². The van der Waals surface area contributed by atoms with E-state index < -0.39 is 0 Å². The molecule has 0 radical (unpaired) electrons. The number of ether oxygens (including phenoxy) is 2. The number of benzene rings is 1. The molecule has 0 fully saturated rings. The number of methoxy groups -OCH3 is 1. The van der Waals surface area contributed by atoms with Gasteiger partial charge < -0.3 is 20.1 Å². The second-order valence-electron chi connectivity index (χ2n) is 5.62. The van der Waals surface area contributed by atoms with Crippen LogP contribution in [-0.2, 0) is 11.3 Å². The van der Waals surface area contributed by atoms with Crippen molar-refractivity contribution in [3.05, 3.63) is 59.4 Å². The van der Waals surface area contributed by atoms with E-state index in [2.05, 4.69) is 15.6 Å². The van der Waals surface area contributed by atoms with Crippen LogP contribution in [-0.4, -0.2) is 44.2 Å². The lowest BCUT2D eigenvalue weighted by molar-refractivity contribution is 0.0953. The normalized spacial score (nSPS) is 10.5. The minimum atomic E-state index is -0.0904. The van der Waals surface area contributed by atoms with Crippen LogP contribution < -0.4 is 15.4 Å². The van der Waals surface area contributed by atoms with Gasteiger partial charge in [-0.1, -0.05) is 12.1 Å². The summed E-state index contributed by atoms with van der Waals surface area (Å²) in [5.41, 5.74) is 2.51. The van der Waals surface area contributed by atoms with E-state index in [4.69, 9.17) is 9.47 Å². The summed E-state index contributed by atoms with van der Waals surface area (Å²) in [5.74, 6) is 0.620. The van der Waals surface area contributed by atoms with Crippen molar-refractivity contribution in [2.45, 2.75) is 13.5 Å². The van der Waals surface area contributed by atoms with Crippen LogP contribution in [0.3, 0.4) is 0 Å². The first kappa shape index (κ1) is 18.9. The standard InChI is InChI=1S/C19H25N3O3/c1-15-6-7-18(13-22-15)25-14-16-4-3-5-17(12-16)19(23)21-9-8-20-10-11-24-2/h3-7,12-13,20H,8-11,14H2,1-2H3,(H,21,23). The molecule has 2 aromatic rings. The maximum atomic E-state index is 12.2. The lowest BCUT2D eigenvalue weighted by Crippen LogP contribution is -2.33. The molecule has 0 aliphatic rings. The quantitative estimate of drug-likeness (QED) is 0.645. The summed E-state index contributed by atoms with van der Waals surface area (Å²) in [6.45, 7) is 5.03. The highest BCUT2D eigenvalue weighted by molar-refractivity contribution is 5.94. The van der Waals surface area contributed by atoms with Crippen molar-refractivity contribution in [3.8, 4) is 5.75 Å². The predicted octanol–water partition coefficient (Wildman–Crippen LogP) is 1.93. The molecule has 6 nitrogen and oxygen atoms in total. The molecule has 2 N–H and O–H groups in total. The molecule has 0 aliphatic heterocycles. The topological polar surface area (TPSA) is 72.5 Å². The van der Waals surface area contributed by atoms with Crippen LogP contribution in [0.5, 0.6) is 5.75 Å². The third-order valence-electron chi connectivity index (χ3n) is 3.55. The fourth-order valence-corrected chi connectivity index (χ4v) is 2.17. The summed E-state index contributed by atoms with van der Waals surface area (Å²) in [6, 6.07) is 11.2. The summed E-state index contributed by atoms with van der Waals surface area (Å²) >= 11 is 0. The monoisotopic (exact) mass is 343 g/mol. The van der Waals surface area contributed by atoms with Crippen molar-refractivity contribution in [2.24, 2.45) is 0 Å². The Morgan fingerprint density at radius 1 is 1.16 bits per heavy atom. The molecule has 1 aromatic heterocycles. The van der Waals surface area contributed by atoms with Crippen molar-refractivity contribution >= 4 is 5.91 Å². The molecule has 1 heterocycles. The third kappa shape index (κ3) is 6.91. The molecule has 6 heteroatoms. The van der Waals surface area contributed by atoms with Crippen molar-refractivity contribution < 1.29 is 14.3 Å². The zero-order valence-corrected chi connectivity index (χ0v) is 14.7. The molecule has 1 amide bonds. The Balaban J connectivity index is 1.79. The minimum absolute atomic E-state index is 0.0904. The van der Waals surface area contributed by atoms with Crippen LogP contribution in [0.4, 0.5) is 0 Å². The molecule has 134 valence electrons. The predicted molar refractivity (Wildman–Crippen MR) is 96.8 cm³/mol. The van der Waals surface area contributed by atoms with Crippen molar-refractivity contribution in [2.75, 3.05) is 33.4 Å². The van der Waals surface area contributed by atoms with E-state index in [9.17, 15) is 4.79 Å². The van der Waals surface area contributed by atoms with Gasteiger partial charge in [-0.2, -0.15) is 0 Å². The van der Waals surface area contributed by atoms with E-state index in [0.29, 0.717) is 37.6 Å². The number of hydrogen-bond donors (Lipinski definition) is 2. The molecule has 0 aliphatic carbocycles. The first-order valence-corrected chi connectivity index (χ1v) is 8.31. The van der Waals surface area contributed by atoms with Crippen LogP contribution >= 0.6 is 0 Å². The maximum Gasteiger partial charge on any atom is 0.251 e. The molecule has 0 saturated heterocycles. The van der Waals surface area contributed by atoms with E-state index in [1.165, 1.54) is 0 Å². The summed E-state index contributed by atoms with van der Waals surface area (Å²) in [6.07, 6.45) is 1.70. The molecular weight excluding hydrogens is 318 g/mol. The fourth-order valence-electron chi connectivity index (χ4n) is 2.17. The second kappa shape index (κ2) is 10.4. The largest absolute Gasteiger partial charge is 0.487 e. The van der Waals surface area contributed by atoms with Gasteiger partial charge in [0.1, 0.15) is 12.4 Å².